The molecular formula is C24H32N4O4. The lowest BCUT2D eigenvalue weighted by Gasteiger charge is -2.58. The number of ether oxygens (including phenoxy) is 1. The molecule has 1 aromatic rings. The minimum atomic E-state index is -0.580. The van der Waals surface area contributed by atoms with Gasteiger partial charge in [0, 0.05) is 49.7 Å². The second-order valence-electron chi connectivity index (χ2n) is 9.47. The molecule has 0 radical (unpaired) electrons. The number of carbonyl (C=O) groups excluding carboxylic acids is 3. The summed E-state index contributed by atoms with van der Waals surface area (Å²) in [5, 5.41) is 9.69. The van der Waals surface area contributed by atoms with E-state index in [1.807, 2.05) is 12.1 Å². The highest BCUT2D eigenvalue weighted by Gasteiger charge is 2.55. The Morgan fingerprint density at radius 2 is 2.16 bits per heavy atom. The molecule has 3 amide bonds. The molecule has 0 aromatic heterocycles. The summed E-state index contributed by atoms with van der Waals surface area (Å²) in [6.45, 7) is 5.94. The van der Waals surface area contributed by atoms with Gasteiger partial charge in [-0.3, -0.25) is 19.7 Å². The molecular weight excluding hydrogens is 408 g/mol. The van der Waals surface area contributed by atoms with E-state index in [2.05, 4.69) is 28.9 Å². The highest BCUT2D eigenvalue weighted by Crippen LogP contribution is 2.48. The second kappa shape index (κ2) is 8.57. The van der Waals surface area contributed by atoms with E-state index in [1.165, 1.54) is 0 Å². The molecule has 3 aliphatic heterocycles. The molecule has 8 nitrogen and oxygen atoms in total. The fourth-order valence-electron chi connectivity index (χ4n) is 6.04. The van der Waals surface area contributed by atoms with Gasteiger partial charge < -0.3 is 20.3 Å². The van der Waals surface area contributed by atoms with Gasteiger partial charge in [0.2, 0.25) is 11.8 Å². The lowest BCUT2D eigenvalue weighted by atomic mass is 9.58. The van der Waals surface area contributed by atoms with Crippen molar-refractivity contribution in [1.29, 1.82) is 0 Å². The third-order valence-corrected chi connectivity index (χ3v) is 7.82. The zero-order chi connectivity index (χ0) is 22.3. The fourth-order valence-corrected chi connectivity index (χ4v) is 6.04. The zero-order valence-corrected chi connectivity index (χ0v) is 18.6. The van der Waals surface area contributed by atoms with Crippen molar-refractivity contribution in [3.05, 3.63) is 34.9 Å². The van der Waals surface area contributed by atoms with Crippen molar-refractivity contribution in [1.82, 2.24) is 20.9 Å². The molecule has 4 aliphatic rings. The number of piperidine rings is 2. The molecule has 2 saturated heterocycles. The monoisotopic (exact) mass is 440 g/mol. The summed E-state index contributed by atoms with van der Waals surface area (Å²) < 4.78 is 6.05. The Morgan fingerprint density at radius 1 is 1.28 bits per heavy atom. The van der Waals surface area contributed by atoms with E-state index in [0.717, 1.165) is 50.1 Å². The number of carbonyl (C=O) groups is 3. The Bertz CT molecular complexity index is 927. The van der Waals surface area contributed by atoms with E-state index >= 15 is 0 Å². The number of imide groups is 1. The molecule has 1 aliphatic carbocycles. The maximum Gasteiger partial charge on any atom is 0.255 e. The van der Waals surface area contributed by atoms with Gasteiger partial charge in [0.15, 0.2) is 0 Å². The average Bonchev–Trinajstić information content (AvgIpc) is 3.13. The molecule has 32 heavy (non-hydrogen) atoms. The number of nitrogens with zero attached hydrogens (tertiary/aromatic N) is 1. The molecule has 1 saturated carbocycles. The van der Waals surface area contributed by atoms with Crippen molar-refractivity contribution in [2.24, 2.45) is 5.41 Å². The van der Waals surface area contributed by atoms with E-state index in [-0.39, 0.29) is 29.6 Å². The summed E-state index contributed by atoms with van der Waals surface area (Å²) in [6, 6.07) is 5.63. The van der Waals surface area contributed by atoms with Gasteiger partial charge in [-0.1, -0.05) is 12.1 Å². The van der Waals surface area contributed by atoms with E-state index in [4.69, 9.17) is 4.74 Å². The lowest BCUT2D eigenvalue weighted by Crippen LogP contribution is -2.68. The maximum absolute atomic E-state index is 13.1. The van der Waals surface area contributed by atoms with Gasteiger partial charge in [0.05, 0.1) is 6.10 Å². The molecule has 5 rings (SSSR count). The third kappa shape index (κ3) is 3.54. The highest BCUT2D eigenvalue weighted by molar-refractivity contribution is 6.05. The van der Waals surface area contributed by atoms with Gasteiger partial charge >= 0.3 is 0 Å². The molecule has 1 aromatic carbocycles. The molecule has 4 unspecified atom stereocenters. The number of hydrogen-bond acceptors (Lipinski definition) is 6. The van der Waals surface area contributed by atoms with Gasteiger partial charge in [-0.05, 0) is 56.3 Å². The van der Waals surface area contributed by atoms with Crippen LogP contribution < -0.4 is 16.0 Å². The van der Waals surface area contributed by atoms with E-state index in [9.17, 15) is 14.4 Å². The number of fused-ring (bicyclic) bond motifs is 1. The van der Waals surface area contributed by atoms with E-state index in [0.29, 0.717) is 37.2 Å². The predicted molar refractivity (Wildman–Crippen MR) is 118 cm³/mol. The topological polar surface area (TPSA) is 99.8 Å². The van der Waals surface area contributed by atoms with Crippen LogP contribution in [0.5, 0.6) is 0 Å². The van der Waals surface area contributed by atoms with Gasteiger partial charge in [-0.15, -0.1) is 0 Å². The molecule has 1 spiro atoms. The van der Waals surface area contributed by atoms with E-state index in [1.54, 1.807) is 4.90 Å². The highest BCUT2D eigenvalue weighted by atomic mass is 16.5. The quantitative estimate of drug-likeness (QED) is 0.573. The first kappa shape index (κ1) is 21.6. The summed E-state index contributed by atoms with van der Waals surface area (Å²) in [5.41, 5.74) is 2.90. The first-order valence-corrected chi connectivity index (χ1v) is 11.8. The number of nitrogens with one attached hydrogen (secondary N) is 3. The third-order valence-electron chi connectivity index (χ3n) is 7.82. The Labute approximate surface area is 188 Å². The summed E-state index contributed by atoms with van der Waals surface area (Å²) in [7, 11) is 0. The summed E-state index contributed by atoms with van der Waals surface area (Å²) in [5.74, 6) is -0.758. The molecule has 8 heteroatoms. The van der Waals surface area contributed by atoms with Crippen molar-refractivity contribution in [2.45, 2.75) is 70.3 Å². The van der Waals surface area contributed by atoms with Crippen LogP contribution in [-0.4, -0.2) is 60.5 Å². The summed E-state index contributed by atoms with van der Waals surface area (Å²) in [4.78, 5) is 38.5. The fraction of sp³-hybridized carbons (Fsp3) is 0.625. The SMILES string of the molecule is CCOC1CC(NCc2cccc3c2CN(C2CCC(=O)NC2=O)C3=O)C12CCCNC2. The van der Waals surface area contributed by atoms with Crippen LogP contribution in [0.4, 0.5) is 0 Å². The van der Waals surface area contributed by atoms with Crippen molar-refractivity contribution < 1.29 is 19.1 Å². The Balaban J connectivity index is 1.29. The van der Waals surface area contributed by atoms with Crippen LogP contribution in [0, 0.1) is 5.41 Å². The first-order chi connectivity index (χ1) is 15.5. The first-order valence-electron chi connectivity index (χ1n) is 11.8. The van der Waals surface area contributed by atoms with Crippen molar-refractivity contribution in [2.75, 3.05) is 19.7 Å². The van der Waals surface area contributed by atoms with Crippen molar-refractivity contribution in [3.8, 4) is 0 Å². The maximum atomic E-state index is 13.1. The van der Waals surface area contributed by atoms with E-state index < -0.39 is 6.04 Å². The van der Waals surface area contributed by atoms with Gasteiger partial charge in [0.25, 0.3) is 5.91 Å². The van der Waals surface area contributed by atoms with Gasteiger partial charge in [0.1, 0.15) is 6.04 Å². The molecule has 3 heterocycles. The summed E-state index contributed by atoms with van der Waals surface area (Å²) in [6.07, 6.45) is 4.28. The number of rotatable bonds is 6. The van der Waals surface area contributed by atoms with Crippen LogP contribution in [0.1, 0.15) is 60.5 Å². The number of benzene rings is 1. The van der Waals surface area contributed by atoms with Crippen LogP contribution >= 0.6 is 0 Å². The Morgan fingerprint density at radius 3 is 2.91 bits per heavy atom. The molecule has 4 atom stereocenters. The second-order valence-corrected chi connectivity index (χ2v) is 9.47. The zero-order valence-electron chi connectivity index (χ0n) is 18.6. The molecule has 3 N–H and O–H groups in total. The van der Waals surface area contributed by atoms with Crippen molar-refractivity contribution >= 4 is 17.7 Å². The Hall–Kier alpha value is -2.29. The smallest absolute Gasteiger partial charge is 0.255 e. The van der Waals surface area contributed by atoms with Crippen LogP contribution in [0.2, 0.25) is 0 Å². The minimum absolute atomic E-state index is 0.121. The molecule has 3 fully saturated rings. The van der Waals surface area contributed by atoms with Crippen LogP contribution in [0.3, 0.4) is 0 Å². The number of amides is 3. The van der Waals surface area contributed by atoms with Gasteiger partial charge in [-0.25, -0.2) is 0 Å². The normalized spacial score (nSPS) is 32.1. The lowest BCUT2D eigenvalue weighted by molar-refractivity contribution is -0.143. The van der Waals surface area contributed by atoms with Gasteiger partial charge in [-0.2, -0.15) is 0 Å². The minimum Gasteiger partial charge on any atom is -0.378 e. The Kier molecular flexibility index (Phi) is 5.77. The summed E-state index contributed by atoms with van der Waals surface area (Å²) >= 11 is 0. The average molecular weight is 441 g/mol. The standard InChI is InChI=1S/C24H32N4O4/c1-2-32-20-11-19(24(20)9-4-10-25-14-24)26-12-15-5-3-6-16-17(15)13-28(23(16)31)18-7-8-21(29)27-22(18)30/h3,5-6,18-20,25-26H,2,4,7-14H2,1H3,(H,27,29,30). The largest absolute Gasteiger partial charge is 0.378 e. The van der Waals surface area contributed by atoms with Crippen molar-refractivity contribution in [3.63, 3.8) is 0 Å². The number of hydrogen-bond donors (Lipinski definition) is 3. The predicted octanol–water partition coefficient (Wildman–Crippen LogP) is 1.08. The van der Waals surface area contributed by atoms with Crippen LogP contribution in [0.15, 0.2) is 18.2 Å². The van der Waals surface area contributed by atoms with Crippen LogP contribution in [0.25, 0.3) is 0 Å². The van der Waals surface area contributed by atoms with Crippen LogP contribution in [-0.2, 0) is 27.4 Å². The molecule has 0 bridgehead atoms. The molecule has 172 valence electrons.